The number of amides is 4. The molecule has 0 fully saturated rings. The number of carboxylic acid groups (broad SMARTS) is 2. The molecule has 8 nitrogen and oxygen atoms in total. The van der Waals surface area contributed by atoms with Crippen LogP contribution < -0.4 is 0 Å². The number of carbonyl (C=O) groups excluding carboxylic acids is 2. The van der Waals surface area contributed by atoms with Crippen molar-refractivity contribution in [2.45, 2.75) is 47.1 Å². The zero-order valence-corrected chi connectivity index (χ0v) is 13.6. The van der Waals surface area contributed by atoms with E-state index in [0.29, 0.717) is 11.3 Å². The largest absolute Gasteiger partial charge is 0.465 e. The molecule has 126 valence electrons. The van der Waals surface area contributed by atoms with Crippen molar-refractivity contribution in [1.29, 1.82) is 0 Å². The molecule has 0 aliphatic rings. The van der Waals surface area contributed by atoms with E-state index in [1.54, 1.807) is 20.8 Å². The lowest BCUT2D eigenvalue weighted by atomic mass is 9.86. The monoisotopic (exact) mass is 316 g/mol. The van der Waals surface area contributed by atoms with Crippen LogP contribution in [0.2, 0.25) is 0 Å². The molecule has 0 saturated heterocycles. The lowest BCUT2D eigenvalue weighted by molar-refractivity contribution is -0.131. The van der Waals surface area contributed by atoms with Crippen LogP contribution in [0.3, 0.4) is 0 Å². The molecule has 0 aliphatic heterocycles. The third-order valence-electron chi connectivity index (χ3n) is 3.56. The fraction of sp³-hybridized carbons (Fsp3) is 0.714. The van der Waals surface area contributed by atoms with Crippen LogP contribution in [0.25, 0.3) is 0 Å². The molecule has 2 atom stereocenters. The van der Waals surface area contributed by atoms with Crippen molar-refractivity contribution in [2.75, 3.05) is 6.54 Å². The van der Waals surface area contributed by atoms with Gasteiger partial charge in [0.15, 0.2) is 0 Å². The van der Waals surface area contributed by atoms with Gasteiger partial charge >= 0.3 is 12.2 Å². The predicted octanol–water partition coefficient (Wildman–Crippen LogP) is 2.09. The Labute approximate surface area is 129 Å². The van der Waals surface area contributed by atoms with E-state index in [1.165, 1.54) is 0 Å². The van der Waals surface area contributed by atoms with Gasteiger partial charge in [0.2, 0.25) is 11.8 Å². The van der Waals surface area contributed by atoms with Crippen LogP contribution in [0.15, 0.2) is 0 Å². The van der Waals surface area contributed by atoms with Crippen LogP contribution in [0, 0.1) is 11.8 Å². The van der Waals surface area contributed by atoms with Gasteiger partial charge in [-0.3, -0.25) is 9.59 Å². The van der Waals surface area contributed by atoms with Gasteiger partial charge in [0.1, 0.15) is 0 Å². The molecule has 0 rings (SSSR count). The maximum atomic E-state index is 11.7. The van der Waals surface area contributed by atoms with Crippen LogP contribution in [-0.4, -0.2) is 56.6 Å². The fourth-order valence-corrected chi connectivity index (χ4v) is 2.58. The van der Waals surface area contributed by atoms with Gasteiger partial charge in [-0.25, -0.2) is 19.4 Å². The van der Waals surface area contributed by atoms with Gasteiger partial charge in [0.25, 0.3) is 0 Å². The van der Waals surface area contributed by atoms with Gasteiger partial charge < -0.3 is 10.2 Å². The number of nitrogens with zero attached hydrogens (tertiary/aromatic N) is 2. The van der Waals surface area contributed by atoms with Crippen molar-refractivity contribution in [1.82, 2.24) is 9.80 Å². The smallest absolute Gasteiger partial charge is 0.414 e. The average Bonchev–Trinajstić information content (AvgIpc) is 2.35. The van der Waals surface area contributed by atoms with Crippen molar-refractivity contribution in [3.8, 4) is 0 Å². The van der Waals surface area contributed by atoms with E-state index >= 15 is 0 Å². The Bertz CT molecular complexity index is 421. The molecule has 0 aliphatic carbocycles. The molecule has 0 aromatic rings. The van der Waals surface area contributed by atoms with Crippen molar-refractivity contribution in [2.24, 2.45) is 11.8 Å². The SMILES string of the molecule is CCC(CN(C(C)=O)C(=O)O)C(C(C)C)N(C(C)=O)C(=O)O. The first-order valence-electron chi connectivity index (χ1n) is 7.08. The van der Waals surface area contributed by atoms with Gasteiger partial charge in [-0.05, 0) is 18.3 Å². The molecule has 2 unspecified atom stereocenters. The Morgan fingerprint density at radius 2 is 1.45 bits per heavy atom. The van der Waals surface area contributed by atoms with Crippen molar-refractivity contribution in [3.05, 3.63) is 0 Å². The second kappa shape index (κ2) is 8.35. The quantitative estimate of drug-likeness (QED) is 0.775. The van der Waals surface area contributed by atoms with Crippen molar-refractivity contribution < 1.29 is 29.4 Å². The van der Waals surface area contributed by atoms with Crippen molar-refractivity contribution >= 4 is 24.0 Å². The molecule has 0 spiro atoms. The summed E-state index contributed by atoms with van der Waals surface area (Å²) in [7, 11) is 0. The fourth-order valence-electron chi connectivity index (χ4n) is 2.58. The second-order valence-electron chi connectivity index (χ2n) is 5.49. The zero-order chi connectivity index (χ0) is 17.6. The Kier molecular flexibility index (Phi) is 7.55. The molecule has 0 radical (unpaired) electrons. The summed E-state index contributed by atoms with van der Waals surface area (Å²) in [6.07, 6.45) is -2.34. The van der Waals surface area contributed by atoms with Crippen molar-refractivity contribution in [3.63, 3.8) is 0 Å². The zero-order valence-electron chi connectivity index (χ0n) is 13.6. The van der Waals surface area contributed by atoms with E-state index in [0.717, 1.165) is 18.7 Å². The summed E-state index contributed by atoms with van der Waals surface area (Å²) < 4.78 is 0. The van der Waals surface area contributed by atoms with Gasteiger partial charge in [-0.2, -0.15) is 0 Å². The summed E-state index contributed by atoms with van der Waals surface area (Å²) in [5.74, 6) is -1.96. The van der Waals surface area contributed by atoms with Gasteiger partial charge in [-0.15, -0.1) is 0 Å². The highest BCUT2D eigenvalue weighted by atomic mass is 16.4. The third-order valence-corrected chi connectivity index (χ3v) is 3.56. The number of carbonyl (C=O) groups is 4. The first kappa shape index (κ1) is 19.9. The highest BCUT2D eigenvalue weighted by Gasteiger charge is 2.37. The lowest BCUT2D eigenvalue weighted by Crippen LogP contribution is -2.52. The predicted molar refractivity (Wildman–Crippen MR) is 78.4 cm³/mol. The number of imide groups is 2. The molecule has 2 N–H and O–H groups in total. The number of hydrogen-bond acceptors (Lipinski definition) is 4. The topological polar surface area (TPSA) is 115 Å². The molecule has 22 heavy (non-hydrogen) atoms. The Balaban J connectivity index is 5.59. The summed E-state index contributed by atoms with van der Waals surface area (Å²) in [5, 5.41) is 18.3. The molecule has 0 saturated carbocycles. The van der Waals surface area contributed by atoms with E-state index in [1.807, 2.05) is 0 Å². The van der Waals surface area contributed by atoms with Gasteiger partial charge in [0, 0.05) is 26.4 Å². The summed E-state index contributed by atoms with van der Waals surface area (Å²) in [4.78, 5) is 46.9. The van der Waals surface area contributed by atoms with E-state index in [9.17, 15) is 24.3 Å². The van der Waals surface area contributed by atoms with E-state index in [4.69, 9.17) is 5.11 Å². The maximum Gasteiger partial charge on any atom is 0.414 e. The highest BCUT2D eigenvalue weighted by molar-refractivity contribution is 5.90. The van der Waals surface area contributed by atoms with E-state index < -0.39 is 36.0 Å². The van der Waals surface area contributed by atoms with E-state index in [2.05, 4.69) is 0 Å². The average molecular weight is 316 g/mol. The van der Waals surface area contributed by atoms with Crippen LogP contribution in [0.4, 0.5) is 9.59 Å². The summed E-state index contributed by atoms with van der Waals surface area (Å²) in [6.45, 7) is 7.40. The second-order valence-corrected chi connectivity index (χ2v) is 5.49. The van der Waals surface area contributed by atoms with Crippen LogP contribution >= 0.6 is 0 Å². The minimum Gasteiger partial charge on any atom is -0.465 e. The maximum absolute atomic E-state index is 11.7. The number of rotatable bonds is 6. The molecule has 4 amide bonds. The summed E-state index contributed by atoms with van der Waals surface area (Å²) >= 11 is 0. The lowest BCUT2D eigenvalue weighted by Gasteiger charge is -2.37. The Hall–Kier alpha value is -2.12. The Morgan fingerprint density at radius 1 is 0.955 bits per heavy atom. The molecule has 0 aromatic carbocycles. The first-order chi connectivity index (χ1) is 10.0. The van der Waals surface area contributed by atoms with Gasteiger partial charge in [-0.1, -0.05) is 20.8 Å². The minimum absolute atomic E-state index is 0.152. The van der Waals surface area contributed by atoms with E-state index in [-0.39, 0.29) is 12.5 Å². The van der Waals surface area contributed by atoms with Crippen LogP contribution in [0.1, 0.15) is 41.0 Å². The molecule has 8 heteroatoms. The highest BCUT2D eigenvalue weighted by Crippen LogP contribution is 2.24. The first-order valence-corrected chi connectivity index (χ1v) is 7.08. The van der Waals surface area contributed by atoms with Crippen LogP contribution in [-0.2, 0) is 9.59 Å². The molecular formula is C14H24N2O6. The molecule has 0 heterocycles. The standard InChI is InChI=1S/C14H24N2O6/c1-6-11(7-15(9(4)17)13(19)20)12(8(2)3)16(10(5)18)14(21)22/h8,11-12H,6-7H2,1-5H3,(H,19,20)(H,21,22). The van der Waals surface area contributed by atoms with Gasteiger partial charge in [0.05, 0.1) is 0 Å². The summed E-state index contributed by atoms with van der Waals surface area (Å²) in [5.41, 5.74) is 0. The third kappa shape index (κ3) is 5.01. The molecule has 0 aromatic heterocycles. The Morgan fingerprint density at radius 3 is 1.68 bits per heavy atom. The molecule has 0 bridgehead atoms. The minimum atomic E-state index is -1.39. The molecular weight excluding hydrogens is 292 g/mol. The number of hydrogen-bond donors (Lipinski definition) is 2. The van der Waals surface area contributed by atoms with Crippen LogP contribution in [0.5, 0.6) is 0 Å². The summed E-state index contributed by atoms with van der Waals surface area (Å²) in [6, 6.07) is -0.707. The normalized spacial score (nSPS) is 13.4.